The monoisotopic (exact) mass is 388 g/mol. The third-order valence-electron chi connectivity index (χ3n) is 6.18. The van der Waals surface area contributed by atoms with Crippen molar-refractivity contribution < 1.29 is 9.47 Å². The van der Waals surface area contributed by atoms with Gasteiger partial charge in [0.05, 0.1) is 14.2 Å². The van der Waals surface area contributed by atoms with Gasteiger partial charge < -0.3 is 9.47 Å². The summed E-state index contributed by atoms with van der Waals surface area (Å²) in [7, 11) is 3.42. The Kier molecular flexibility index (Phi) is 3.63. The molecule has 0 aliphatic rings. The summed E-state index contributed by atoms with van der Waals surface area (Å²) in [4.78, 5) is 0. The van der Waals surface area contributed by atoms with Crippen molar-refractivity contribution in [2.24, 2.45) is 0 Å². The minimum Gasteiger partial charge on any atom is -0.497 e. The van der Waals surface area contributed by atoms with Gasteiger partial charge in [0.25, 0.3) is 0 Å². The van der Waals surface area contributed by atoms with Crippen LogP contribution in [-0.4, -0.2) is 14.2 Å². The summed E-state index contributed by atoms with van der Waals surface area (Å²) < 4.78 is 10.8. The summed E-state index contributed by atoms with van der Waals surface area (Å²) in [6.07, 6.45) is 0. The van der Waals surface area contributed by atoms with Gasteiger partial charge in [0, 0.05) is 0 Å². The van der Waals surface area contributed by atoms with E-state index in [0.29, 0.717) is 0 Å². The molecule has 0 aromatic heterocycles. The zero-order chi connectivity index (χ0) is 20.2. The average molecular weight is 388 g/mol. The van der Waals surface area contributed by atoms with Crippen LogP contribution in [-0.2, 0) is 0 Å². The second kappa shape index (κ2) is 6.36. The van der Waals surface area contributed by atoms with E-state index in [-0.39, 0.29) is 0 Å². The summed E-state index contributed by atoms with van der Waals surface area (Å²) in [6.45, 7) is 0. The molecule has 0 bridgehead atoms. The van der Waals surface area contributed by atoms with E-state index in [0.717, 1.165) is 11.5 Å². The highest BCUT2D eigenvalue weighted by Gasteiger charge is 2.09. The molecule has 2 heteroatoms. The van der Waals surface area contributed by atoms with Crippen molar-refractivity contribution in [2.45, 2.75) is 0 Å². The smallest absolute Gasteiger partial charge is 0.119 e. The lowest BCUT2D eigenvalue weighted by Gasteiger charge is -2.12. The Morgan fingerprint density at radius 3 is 1.50 bits per heavy atom. The van der Waals surface area contributed by atoms with E-state index in [1.165, 1.54) is 53.9 Å². The van der Waals surface area contributed by atoms with Crippen molar-refractivity contribution >= 4 is 53.9 Å². The third kappa shape index (κ3) is 2.44. The molecule has 0 radical (unpaired) electrons. The Hall–Kier alpha value is -3.78. The molecule has 6 aromatic rings. The van der Waals surface area contributed by atoms with Gasteiger partial charge in [-0.3, -0.25) is 0 Å². The van der Waals surface area contributed by atoms with Crippen molar-refractivity contribution in [2.75, 3.05) is 14.2 Å². The van der Waals surface area contributed by atoms with Crippen LogP contribution in [0.1, 0.15) is 0 Å². The maximum absolute atomic E-state index is 5.43. The van der Waals surface area contributed by atoms with Gasteiger partial charge in [0.2, 0.25) is 0 Å². The van der Waals surface area contributed by atoms with Crippen LogP contribution in [0.4, 0.5) is 0 Å². The van der Waals surface area contributed by atoms with Crippen LogP contribution < -0.4 is 9.47 Å². The van der Waals surface area contributed by atoms with E-state index < -0.39 is 0 Å². The molecule has 0 atom stereocenters. The topological polar surface area (TPSA) is 18.5 Å². The second-order valence-corrected chi connectivity index (χ2v) is 7.76. The summed E-state index contributed by atoms with van der Waals surface area (Å²) in [5, 5.41) is 12.5. The molecule has 0 fully saturated rings. The van der Waals surface area contributed by atoms with E-state index in [2.05, 4.69) is 72.8 Å². The van der Waals surface area contributed by atoms with Crippen LogP contribution in [0.15, 0.2) is 84.9 Å². The zero-order valence-corrected chi connectivity index (χ0v) is 16.9. The molecule has 144 valence electrons. The number of benzene rings is 6. The molecule has 0 saturated carbocycles. The zero-order valence-electron chi connectivity index (χ0n) is 16.9. The van der Waals surface area contributed by atoms with Crippen LogP contribution in [0.2, 0.25) is 0 Å². The van der Waals surface area contributed by atoms with Gasteiger partial charge >= 0.3 is 0 Å². The first-order valence-corrected chi connectivity index (χ1v) is 10.1. The SMILES string of the molecule is COc1ccc2c(ccc3cc4c(ccc5ccc6cc(OC)ccc6c54)cc32)c1. The average Bonchev–Trinajstić information content (AvgIpc) is 2.81. The van der Waals surface area contributed by atoms with Gasteiger partial charge in [-0.25, -0.2) is 0 Å². The van der Waals surface area contributed by atoms with Crippen LogP contribution in [0.3, 0.4) is 0 Å². The standard InChI is InChI=1S/C28H20O2/c1-29-22-9-11-24-18(13-22)7-8-20-16-27-21(15-26(20)24)6-4-17-3-5-19-14-23(30-2)10-12-25(19)28(17)27/h3-16H,1-2H3. The highest BCUT2D eigenvalue weighted by Crippen LogP contribution is 2.37. The largest absolute Gasteiger partial charge is 0.497 e. The fraction of sp³-hybridized carbons (Fsp3) is 0.0714. The van der Waals surface area contributed by atoms with Crippen molar-refractivity contribution in [3.05, 3.63) is 84.9 Å². The van der Waals surface area contributed by atoms with Crippen LogP contribution in [0.5, 0.6) is 11.5 Å². The van der Waals surface area contributed by atoms with Crippen molar-refractivity contribution in [3.63, 3.8) is 0 Å². The molecule has 0 aliphatic heterocycles. The van der Waals surface area contributed by atoms with Gasteiger partial charge in [0.15, 0.2) is 0 Å². The molecule has 0 amide bonds. The molecule has 0 heterocycles. The number of rotatable bonds is 2. The Morgan fingerprint density at radius 1 is 0.400 bits per heavy atom. The summed E-state index contributed by atoms with van der Waals surface area (Å²) in [5.41, 5.74) is 0. The highest BCUT2D eigenvalue weighted by atomic mass is 16.5. The molecule has 0 unspecified atom stereocenters. The molecule has 0 spiro atoms. The maximum Gasteiger partial charge on any atom is 0.119 e. The quantitative estimate of drug-likeness (QED) is 0.226. The Labute approximate surface area is 174 Å². The van der Waals surface area contributed by atoms with Crippen LogP contribution >= 0.6 is 0 Å². The van der Waals surface area contributed by atoms with Crippen molar-refractivity contribution in [3.8, 4) is 11.5 Å². The minimum absolute atomic E-state index is 0.884. The van der Waals surface area contributed by atoms with E-state index in [4.69, 9.17) is 9.47 Å². The normalized spacial score (nSPS) is 11.7. The van der Waals surface area contributed by atoms with Gasteiger partial charge in [-0.05, 0) is 90.3 Å². The van der Waals surface area contributed by atoms with Gasteiger partial charge in [-0.15, -0.1) is 0 Å². The number of hydrogen-bond acceptors (Lipinski definition) is 2. The molecule has 6 rings (SSSR count). The lowest BCUT2D eigenvalue weighted by Crippen LogP contribution is -1.86. The summed E-state index contributed by atoms with van der Waals surface area (Å²) in [6, 6.07) is 30.5. The fourth-order valence-electron chi connectivity index (χ4n) is 4.66. The third-order valence-corrected chi connectivity index (χ3v) is 6.18. The van der Waals surface area contributed by atoms with Crippen molar-refractivity contribution in [1.82, 2.24) is 0 Å². The van der Waals surface area contributed by atoms with Crippen molar-refractivity contribution in [1.29, 1.82) is 0 Å². The molecular formula is C28H20O2. The Balaban J connectivity index is 1.73. The summed E-state index contributed by atoms with van der Waals surface area (Å²) in [5.74, 6) is 1.77. The lowest BCUT2D eigenvalue weighted by molar-refractivity contribution is 0.415. The summed E-state index contributed by atoms with van der Waals surface area (Å²) >= 11 is 0. The first-order chi connectivity index (χ1) is 14.7. The molecule has 2 nitrogen and oxygen atoms in total. The molecule has 0 aliphatic carbocycles. The van der Waals surface area contributed by atoms with E-state index in [1.807, 2.05) is 12.1 Å². The highest BCUT2D eigenvalue weighted by molar-refractivity contribution is 6.23. The minimum atomic E-state index is 0.884. The number of fused-ring (bicyclic) bond motifs is 8. The van der Waals surface area contributed by atoms with Gasteiger partial charge in [0.1, 0.15) is 11.5 Å². The molecule has 30 heavy (non-hydrogen) atoms. The van der Waals surface area contributed by atoms with E-state index in [9.17, 15) is 0 Å². The Bertz CT molecular complexity index is 1610. The first-order valence-electron chi connectivity index (χ1n) is 10.1. The number of methoxy groups -OCH3 is 2. The maximum atomic E-state index is 5.43. The second-order valence-electron chi connectivity index (χ2n) is 7.76. The van der Waals surface area contributed by atoms with Gasteiger partial charge in [-0.2, -0.15) is 0 Å². The molecular weight excluding hydrogens is 368 g/mol. The number of hydrogen-bond donors (Lipinski definition) is 0. The first kappa shape index (κ1) is 17.1. The molecule has 0 saturated heterocycles. The molecule has 0 N–H and O–H groups in total. The molecule has 6 aromatic carbocycles. The predicted octanol–water partition coefficient (Wildman–Crippen LogP) is 7.47. The number of ether oxygens (including phenoxy) is 2. The van der Waals surface area contributed by atoms with Gasteiger partial charge in [-0.1, -0.05) is 48.5 Å². The Morgan fingerprint density at radius 2 is 0.867 bits per heavy atom. The predicted molar refractivity (Wildman–Crippen MR) is 127 cm³/mol. The van der Waals surface area contributed by atoms with Crippen LogP contribution in [0, 0.1) is 0 Å². The van der Waals surface area contributed by atoms with E-state index >= 15 is 0 Å². The van der Waals surface area contributed by atoms with Crippen LogP contribution in [0.25, 0.3) is 53.9 Å². The fourth-order valence-corrected chi connectivity index (χ4v) is 4.66. The lowest BCUT2D eigenvalue weighted by atomic mass is 9.93. The van der Waals surface area contributed by atoms with E-state index in [1.54, 1.807) is 14.2 Å².